The SMILES string of the molecule is C[C@@H](O)c1ccc(N2CCC3(CCCCC3)CC2)cc1. The van der Waals surface area contributed by atoms with E-state index in [1.807, 2.05) is 6.92 Å². The smallest absolute Gasteiger partial charge is 0.0761 e. The average Bonchev–Trinajstić information content (AvgIpc) is 2.49. The molecule has 1 saturated carbocycles. The third kappa shape index (κ3) is 2.85. The Morgan fingerprint density at radius 1 is 0.950 bits per heavy atom. The van der Waals surface area contributed by atoms with Crippen molar-refractivity contribution in [2.24, 2.45) is 5.41 Å². The molecule has 20 heavy (non-hydrogen) atoms. The number of hydrogen-bond acceptors (Lipinski definition) is 2. The molecule has 1 aromatic rings. The van der Waals surface area contributed by atoms with E-state index in [2.05, 4.69) is 29.2 Å². The maximum absolute atomic E-state index is 9.58. The Kier molecular flexibility index (Phi) is 4.02. The summed E-state index contributed by atoms with van der Waals surface area (Å²) in [6.45, 7) is 4.23. The summed E-state index contributed by atoms with van der Waals surface area (Å²) in [5.74, 6) is 0. The predicted molar refractivity (Wildman–Crippen MR) is 84.0 cm³/mol. The first-order valence-corrected chi connectivity index (χ1v) is 8.22. The molecule has 2 fully saturated rings. The number of benzene rings is 1. The molecule has 0 radical (unpaired) electrons. The van der Waals surface area contributed by atoms with Gasteiger partial charge in [-0.25, -0.2) is 0 Å². The van der Waals surface area contributed by atoms with E-state index >= 15 is 0 Å². The molecule has 0 amide bonds. The summed E-state index contributed by atoms with van der Waals surface area (Å²) < 4.78 is 0. The third-order valence-corrected chi connectivity index (χ3v) is 5.48. The highest BCUT2D eigenvalue weighted by molar-refractivity contribution is 5.48. The molecule has 1 saturated heterocycles. The number of hydrogen-bond donors (Lipinski definition) is 1. The number of anilines is 1. The lowest BCUT2D eigenvalue weighted by Crippen LogP contribution is -2.41. The summed E-state index contributed by atoms with van der Waals surface area (Å²) >= 11 is 0. The molecule has 1 atom stereocenters. The van der Waals surface area contributed by atoms with Crippen LogP contribution in [0, 0.1) is 5.41 Å². The monoisotopic (exact) mass is 273 g/mol. The van der Waals surface area contributed by atoms with Crippen LogP contribution in [0.2, 0.25) is 0 Å². The molecule has 1 N–H and O–H groups in total. The van der Waals surface area contributed by atoms with Gasteiger partial charge in [-0.05, 0) is 55.7 Å². The van der Waals surface area contributed by atoms with Crippen molar-refractivity contribution >= 4 is 5.69 Å². The molecule has 1 spiro atoms. The Hall–Kier alpha value is -1.02. The topological polar surface area (TPSA) is 23.5 Å². The standard InChI is InChI=1S/C18H27NO/c1-15(20)16-5-7-17(8-6-16)19-13-11-18(12-14-19)9-3-2-4-10-18/h5-8,15,20H,2-4,9-14H2,1H3/t15-/m1/s1. The van der Waals surface area contributed by atoms with Crippen LogP contribution < -0.4 is 4.90 Å². The Morgan fingerprint density at radius 2 is 1.55 bits per heavy atom. The zero-order chi connectivity index (χ0) is 14.0. The molecule has 110 valence electrons. The fourth-order valence-electron chi connectivity index (χ4n) is 4.00. The van der Waals surface area contributed by atoms with Crippen molar-refractivity contribution in [3.8, 4) is 0 Å². The van der Waals surface area contributed by atoms with Crippen LogP contribution in [0.15, 0.2) is 24.3 Å². The quantitative estimate of drug-likeness (QED) is 0.869. The minimum Gasteiger partial charge on any atom is -0.389 e. The van der Waals surface area contributed by atoms with E-state index < -0.39 is 0 Å². The van der Waals surface area contributed by atoms with Crippen LogP contribution in [-0.4, -0.2) is 18.2 Å². The summed E-state index contributed by atoms with van der Waals surface area (Å²) in [5, 5.41) is 9.58. The van der Waals surface area contributed by atoms with E-state index in [0.717, 1.165) is 5.56 Å². The van der Waals surface area contributed by atoms with Crippen LogP contribution in [-0.2, 0) is 0 Å². The van der Waals surface area contributed by atoms with Crippen molar-refractivity contribution in [3.63, 3.8) is 0 Å². The van der Waals surface area contributed by atoms with Crippen LogP contribution >= 0.6 is 0 Å². The molecule has 1 heterocycles. The van der Waals surface area contributed by atoms with Gasteiger partial charge in [0.05, 0.1) is 6.10 Å². The van der Waals surface area contributed by atoms with Gasteiger partial charge in [0.1, 0.15) is 0 Å². The van der Waals surface area contributed by atoms with Crippen LogP contribution in [0.3, 0.4) is 0 Å². The van der Waals surface area contributed by atoms with Gasteiger partial charge in [-0.3, -0.25) is 0 Å². The first-order chi connectivity index (χ1) is 9.69. The van der Waals surface area contributed by atoms with E-state index in [-0.39, 0.29) is 6.10 Å². The molecular weight excluding hydrogens is 246 g/mol. The Balaban J connectivity index is 1.62. The van der Waals surface area contributed by atoms with E-state index in [1.54, 1.807) is 0 Å². The highest BCUT2D eigenvalue weighted by Gasteiger charge is 2.35. The second-order valence-electron chi connectivity index (χ2n) is 6.82. The van der Waals surface area contributed by atoms with Gasteiger partial charge in [-0.2, -0.15) is 0 Å². The number of piperidine rings is 1. The maximum Gasteiger partial charge on any atom is 0.0761 e. The highest BCUT2D eigenvalue weighted by Crippen LogP contribution is 2.45. The molecule has 2 aliphatic rings. The number of rotatable bonds is 2. The molecule has 0 unspecified atom stereocenters. The second kappa shape index (κ2) is 5.77. The van der Waals surface area contributed by atoms with Crippen LogP contribution in [0.4, 0.5) is 5.69 Å². The molecule has 1 aliphatic heterocycles. The molecular formula is C18H27NO. The largest absolute Gasteiger partial charge is 0.389 e. The molecule has 3 rings (SSSR count). The van der Waals surface area contributed by atoms with Crippen molar-refractivity contribution in [1.82, 2.24) is 0 Å². The van der Waals surface area contributed by atoms with Gasteiger partial charge in [0.25, 0.3) is 0 Å². The number of aliphatic hydroxyl groups is 1. The molecule has 0 bridgehead atoms. The minimum atomic E-state index is -0.365. The number of nitrogens with zero attached hydrogens (tertiary/aromatic N) is 1. The van der Waals surface area contributed by atoms with E-state index in [1.165, 1.54) is 63.7 Å². The van der Waals surface area contributed by atoms with Gasteiger partial charge in [0.2, 0.25) is 0 Å². The van der Waals surface area contributed by atoms with E-state index in [0.29, 0.717) is 5.41 Å². The van der Waals surface area contributed by atoms with E-state index in [4.69, 9.17) is 0 Å². The van der Waals surface area contributed by atoms with Crippen molar-refractivity contribution < 1.29 is 5.11 Å². The van der Waals surface area contributed by atoms with Crippen molar-refractivity contribution in [1.29, 1.82) is 0 Å². The zero-order valence-electron chi connectivity index (χ0n) is 12.6. The van der Waals surface area contributed by atoms with Crippen LogP contribution in [0.5, 0.6) is 0 Å². The Labute approximate surface area is 122 Å². The van der Waals surface area contributed by atoms with Gasteiger partial charge in [0.15, 0.2) is 0 Å². The Bertz CT molecular complexity index is 421. The molecule has 2 nitrogen and oxygen atoms in total. The third-order valence-electron chi connectivity index (χ3n) is 5.48. The van der Waals surface area contributed by atoms with Gasteiger partial charge < -0.3 is 10.0 Å². The molecule has 2 heteroatoms. The first-order valence-electron chi connectivity index (χ1n) is 8.22. The highest BCUT2D eigenvalue weighted by atomic mass is 16.3. The lowest BCUT2D eigenvalue weighted by Gasteiger charge is -2.45. The van der Waals surface area contributed by atoms with Crippen molar-refractivity contribution in [3.05, 3.63) is 29.8 Å². The van der Waals surface area contributed by atoms with Crippen molar-refractivity contribution in [2.75, 3.05) is 18.0 Å². The molecule has 1 aromatic carbocycles. The molecule has 0 aromatic heterocycles. The summed E-state index contributed by atoms with van der Waals surface area (Å²) in [4.78, 5) is 2.52. The molecule has 1 aliphatic carbocycles. The van der Waals surface area contributed by atoms with Gasteiger partial charge in [0, 0.05) is 18.8 Å². The van der Waals surface area contributed by atoms with Gasteiger partial charge in [-0.1, -0.05) is 31.4 Å². The summed E-state index contributed by atoms with van der Waals surface area (Å²) in [5.41, 5.74) is 3.00. The minimum absolute atomic E-state index is 0.365. The fourth-order valence-corrected chi connectivity index (χ4v) is 4.00. The average molecular weight is 273 g/mol. The summed E-state index contributed by atoms with van der Waals surface area (Å²) in [7, 11) is 0. The van der Waals surface area contributed by atoms with Gasteiger partial charge >= 0.3 is 0 Å². The summed E-state index contributed by atoms with van der Waals surface area (Å²) in [6, 6.07) is 8.46. The van der Waals surface area contributed by atoms with Crippen molar-refractivity contribution in [2.45, 2.75) is 58.0 Å². The number of aliphatic hydroxyl groups excluding tert-OH is 1. The normalized spacial score (nSPS) is 23.8. The van der Waals surface area contributed by atoms with Crippen LogP contribution in [0.25, 0.3) is 0 Å². The maximum atomic E-state index is 9.58. The second-order valence-corrected chi connectivity index (χ2v) is 6.82. The van der Waals surface area contributed by atoms with E-state index in [9.17, 15) is 5.11 Å². The lowest BCUT2D eigenvalue weighted by atomic mass is 9.68. The first kappa shape index (κ1) is 13.9. The van der Waals surface area contributed by atoms with Gasteiger partial charge in [-0.15, -0.1) is 0 Å². The summed E-state index contributed by atoms with van der Waals surface area (Å²) in [6.07, 6.45) is 9.63. The Morgan fingerprint density at radius 3 is 2.10 bits per heavy atom. The lowest BCUT2D eigenvalue weighted by molar-refractivity contribution is 0.144. The van der Waals surface area contributed by atoms with Crippen LogP contribution in [0.1, 0.15) is 63.5 Å². The fraction of sp³-hybridized carbons (Fsp3) is 0.667. The zero-order valence-corrected chi connectivity index (χ0v) is 12.6. The predicted octanol–water partition coefficient (Wildman–Crippen LogP) is 4.29.